The van der Waals surface area contributed by atoms with Gasteiger partial charge in [0.1, 0.15) is 23.9 Å². The number of carboxylic acids is 1. The summed E-state index contributed by atoms with van der Waals surface area (Å²) < 4.78 is 8.12. The fourth-order valence-electron chi connectivity index (χ4n) is 4.70. The lowest BCUT2D eigenvalue weighted by atomic mass is 9.93. The van der Waals surface area contributed by atoms with E-state index < -0.39 is 5.97 Å². The molecule has 180 valence electrons. The molecule has 5 aromatic rings. The lowest BCUT2D eigenvalue weighted by Gasteiger charge is -2.25. The standard InChI is InChI=1S/C28H25N5O3/c29-27-22-12-18(9-8-17(22)10-11-30-27)20-13-23-24(32-33(21-5-3-6-21)28(23)31-15-20)16-36-25-7-2-1-4-19(25)14-26(34)35/h1-2,4,7-13,15,21H,3,5-6,14,16H2,(H2,29,30)(H,34,35). The van der Waals surface area contributed by atoms with Crippen LogP contribution in [0.3, 0.4) is 0 Å². The van der Waals surface area contributed by atoms with Crippen LogP contribution in [0.15, 0.2) is 67.0 Å². The smallest absolute Gasteiger partial charge is 0.307 e. The third kappa shape index (κ3) is 4.00. The van der Waals surface area contributed by atoms with Gasteiger partial charge in [0, 0.05) is 34.3 Å². The van der Waals surface area contributed by atoms with Crippen molar-refractivity contribution in [3.8, 4) is 16.9 Å². The van der Waals surface area contributed by atoms with Crippen LogP contribution in [0.5, 0.6) is 5.75 Å². The molecule has 36 heavy (non-hydrogen) atoms. The molecule has 1 aliphatic rings. The number of fused-ring (bicyclic) bond motifs is 2. The number of aliphatic carboxylic acids is 1. The molecular formula is C28H25N5O3. The van der Waals surface area contributed by atoms with E-state index in [-0.39, 0.29) is 13.0 Å². The summed E-state index contributed by atoms with van der Waals surface area (Å²) in [5.74, 6) is 0.147. The van der Waals surface area contributed by atoms with Gasteiger partial charge in [-0.1, -0.05) is 30.3 Å². The summed E-state index contributed by atoms with van der Waals surface area (Å²) in [6.45, 7) is 0.215. The number of pyridine rings is 2. The molecule has 0 atom stereocenters. The van der Waals surface area contributed by atoms with Crippen LogP contribution in [0.1, 0.15) is 36.6 Å². The highest BCUT2D eigenvalue weighted by atomic mass is 16.5. The fraction of sp³-hybridized carbons (Fsp3) is 0.214. The Bertz CT molecular complexity index is 1610. The van der Waals surface area contributed by atoms with E-state index in [2.05, 4.69) is 17.1 Å². The lowest BCUT2D eigenvalue weighted by molar-refractivity contribution is -0.136. The van der Waals surface area contributed by atoms with Gasteiger partial charge < -0.3 is 15.6 Å². The summed E-state index contributed by atoms with van der Waals surface area (Å²) in [7, 11) is 0. The molecule has 0 unspecified atom stereocenters. The third-order valence-corrected chi connectivity index (χ3v) is 6.85. The van der Waals surface area contributed by atoms with E-state index >= 15 is 0 Å². The van der Waals surface area contributed by atoms with Crippen LogP contribution in [0.25, 0.3) is 32.9 Å². The number of ether oxygens (including phenoxy) is 1. The number of nitrogen functional groups attached to an aromatic ring is 1. The topological polar surface area (TPSA) is 116 Å². The zero-order chi connectivity index (χ0) is 24.6. The zero-order valence-electron chi connectivity index (χ0n) is 19.6. The predicted molar refractivity (Wildman–Crippen MR) is 138 cm³/mol. The van der Waals surface area contributed by atoms with Gasteiger partial charge in [0.05, 0.1) is 12.5 Å². The highest BCUT2D eigenvalue weighted by Gasteiger charge is 2.25. The molecule has 0 saturated heterocycles. The molecule has 1 fully saturated rings. The Morgan fingerprint density at radius 1 is 1.06 bits per heavy atom. The number of nitrogens with zero attached hydrogens (tertiary/aromatic N) is 4. The summed E-state index contributed by atoms with van der Waals surface area (Å²) in [5, 5.41) is 17.0. The molecule has 3 aromatic heterocycles. The number of hydrogen-bond acceptors (Lipinski definition) is 6. The summed E-state index contributed by atoms with van der Waals surface area (Å²) in [4.78, 5) is 20.3. The molecule has 0 aliphatic heterocycles. The zero-order valence-corrected chi connectivity index (χ0v) is 19.6. The molecule has 0 bridgehead atoms. The van der Waals surface area contributed by atoms with Crippen LogP contribution in [-0.4, -0.2) is 30.8 Å². The number of anilines is 1. The normalized spacial score (nSPS) is 13.7. The second kappa shape index (κ2) is 8.96. The Hall–Kier alpha value is -4.46. The van der Waals surface area contributed by atoms with Crippen molar-refractivity contribution in [2.24, 2.45) is 0 Å². The van der Waals surface area contributed by atoms with Crippen molar-refractivity contribution in [3.05, 3.63) is 78.2 Å². The van der Waals surface area contributed by atoms with E-state index in [1.165, 1.54) is 6.42 Å². The SMILES string of the molecule is Nc1nccc2ccc(-c3cnc4c(c3)c(COc3ccccc3CC(=O)O)nn4C3CCC3)cc12. The second-order valence-electron chi connectivity index (χ2n) is 9.17. The van der Waals surface area contributed by atoms with Gasteiger partial charge in [-0.2, -0.15) is 5.10 Å². The molecule has 0 amide bonds. The summed E-state index contributed by atoms with van der Waals surface area (Å²) in [5.41, 5.74) is 10.3. The number of rotatable bonds is 7. The van der Waals surface area contributed by atoms with Crippen LogP contribution in [0.4, 0.5) is 5.82 Å². The Balaban J connectivity index is 1.39. The summed E-state index contributed by atoms with van der Waals surface area (Å²) in [6.07, 6.45) is 6.84. The minimum Gasteiger partial charge on any atom is -0.487 e. The molecule has 3 heterocycles. The Labute approximate surface area is 207 Å². The van der Waals surface area contributed by atoms with Gasteiger partial charge in [0.2, 0.25) is 0 Å². The van der Waals surface area contributed by atoms with Crippen molar-refractivity contribution in [1.29, 1.82) is 0 Å². The van der Waals surface area contributed by atoms with E-state index in [9.17, 15) is 9.90 Å². The molecule has 0 radical (unpaired) electrons. The first-order chi connectivity index (χ1) is 17.6. The van der Waals surface area contributed by atoms with Crippen molar-refractivity contribution < 1.29 is 14.6 Å². The monoisotopic (exact) mass is 479 g/mol. The highest BCUT2D eigenvalue weighted by Crippen LogP contribution is 2.36. The van der Waals surface area contributed by atoms with E-state index in [1.54, 1.807) is 18.3 Å². The van der Waals surface area contributed by atoms with Crippen molar-refractivity contribution in [2.75, 3.05) is 5.73 Å². The number of aromatic nitrogens is 4. The third-order valence-electron chi connectivity index (χ3n) is 6.85. The molecular weight excluding hydrogens is 454 g/mol. The first kappa shape index (κ1) is 22.0. The quantitative estimate of drug-likeness (QED) is 0.331. The number of carboxylic acid groups (broad SMARTS) is 1. The number of para-hydroxylation sites is 1. The Morgan fingerprint density at radius 3 is 2.69 bits per heavy atom. The molecule has 8 nitrogen and oxygen atoms in total. The van der Waals surface area contributed by atoms with Crippen molar-refractivity contribution in [3.63, 3.8) is 0 Å². The van der Waals surface area contributed by atoms with E-state index in [4.69, 9.17) is 20.6 Å². The molecule has 1 aliphatic carbocycles. The fourth-order valence-corrected chi connectivity index (χ4v) is 4.70. The number of carbonyl (C=O) groups is 1. The van der Waals surface area contributed by atoms with Gasteiger partial charge in [0.25, 0.3) is 0 Å². The predicted octanol–water partition coefficient (Wildman–Crippen LogP) is 5.16. The minimum absolute atomic E-state index is 0.0981. The van der Waals surface area contributed by atoms with E-state index in [0.29, 0.717) is 23.2 Å². The summed E-state index contributed by atoms with van der Waals surface area (Å²) >= 11 is 0. The van der Waals surface area contributed by atoms with Crippen molar-refractivity contribution >= 4 is 33.6 Å². The van der Waals surface area contributed by atoms with Gasteiger partial charge in [-0.05, 0) is 54.5 Å². The van der Waals surface area contributed by atoms with Crippen LogP contribution in [0.2, 0.25) is 0 Å². The maximum atomic E-state index is 11.3. The van der Waals surface area contributed by atoms with E-state index in [1.807, 2.05) is 41.2 Å². The minimum atomic E-state index is -0.897. The van der Waals surface area contributed by atoms with Crippen LogP contribution >= 0.6 is 0 Å². The van der Waals surface area contributed by atoms with Gasteiger partial charge in [0.15, 0.2) is 5.65 Å². The number of nitrogens with two attached hydrogens (primary N) is 1. The molecule has 0 spiro atoms. The Morgan fingerprint density at radius 2 is 1.89 bits per heavy atom. The van der Waals surface area contributed by atoms with Gasteiger partial charge in [-0.15, -0.1) is 0 Å². The highest BCUT2D eigenvalue weighted by molar-refractivity contribution is 5.95. The van der Waals surface area contributed by atoms with Crippen LogP contribution in [-0.2, 0) is 17.8 Å². The van der Waals surface area contributed by atoms with Gasteiger partial charge in [-0.25, -0.2) is 14.6 Å². The average molecular weight is 480 g/mol. The van der Waals surface area contributed by atoms with Crippen LogP contribution in [0, 0.1) is 0 Å². The lowest BCUT2D eigenvalue weighted by Crippen LogP contribution is -2.18. The van der Waals surface area contributed by atoms with Gasteiger partial charge in [-0.3, -0.25) is 4.79 Å². The largest absolute Gasteiger partial charge is 0.487 e. The average Bonchev–Trinajstić information content (AvgIpc) is 3.19. The maximum Gasteiger partial charge on any atom is 0.307 e. The molecule has 8 heteroatoms. The van der Waals surface area contributed by atoms with Crippen LogP contribution < -0.4 is 10.5 Å². The second-order valence-corrected chi connectivity index (χ2v) is 9.17. The Kier molecular flexibility index (Phi) is 5.48. The molecule has 3 N–H and O–H groups in total. The molecule has 6 rings (SSSR count). The van der Waals surface area contributed by atoms with Gasteiger partial charge >= 0.3 is 5.97 Å². The van der Waals surface area contributed by atoms with Crippen molar-refractivity contribution in [2.45, 2.75) is 38.3 Å². The van der Waals surface area contributed by atoms with Crippen molar-refractivity contribution in [1.82, 2.24) is 19.7 Å². The number of hydrogen-bond donors (Lipinski definition) is 2. The summed E-state index contributed by atoms with van der Waals surface area (Å²) in [6, 6.07) is 17.7. The molecule has 1 saturated carbocycles. The first-order valence-corrected chi connectivity index (χ1v) is 12.0. The number of benzene rings is 2. The maximum absolute atomic E-state index is 11.3. The first-order valence-electron chi connectivity index (χ1n) is 12.0. The molecule has 2 aromatic carbocycles. The van der Waals surface area contributed by atoms with E-state index in [0.717, 1.165) is 51.5 Å².